The molecule has 1 aromatic carbocycles. The third kappa shape index (κ3) is 6.65. The van der Waals surface area contributed by atoms with Gasteiger partial charge < -0.3 is 24.8 Å². The number of morpholine rings is 1. The standard InChI is InChI=1S/C17H26N2O4.ClH/c1-13-4-5-14(15(10-13)22-8-3-7-21-2)11-19-17(20)16-12-18-6-9-23-16;/h4-5,10,16,18H,3,6-9,11-12H2,1-2H3,(H,19,20);1H. The van der Waals surface area contributed by atoms with E-state index in [-0.39, 0.29) is 18.3 Å². The Balaban J connectivity index is 0.00000288. The van der Waals surface area contributed by atoms with Crippen LogP contribution in [0.5, 0.6) is 5.75 Å². The van der Waals surface area contributed by atoms with Gasteiger partial charge in [-0.2, -0.15) is 0 Å². The number of halogens is 1. The zero-order chi connectivity index (χ0) is 16.5. The quantitative estimate of drug-likeness (QED) is 0.688. The number of aryl methyl sites for hydroxylation is 1. The third-order valence-corrected chi connectivity index (χ3v) is 3.65. The van der Waals surface area contributed by atoms with Gasteiger partial charge in [-0.25, -0.2) is 0 Å². The normalized spacial score (nSPS) is 17.0. The molecule has 1 aromatic rings. The molecule has 1 amide bonds. The van der Waals surface area contributed by atoms with E-state index in [2.05, 4.69) is 10.6 Å². The maximum Gasteiger partial charge on any atom is 0.250 e. The van der Waals surface area contributed by atoms with E-state index >= 15 is 0 Å². The molecule has 1 heterocycles. The summed E-state index contributed by atoms with van der Waals surface area (Å²) < 4.78 is 16.3. The van der Waals surface area contributed by atoms with Gasteiger partial charge in [0.15, 0.2) is 0 Å². The monoisotopic (exact) mass is 358 g/mol. The van der Waals surface area contributed by atoms with Gasteiger partial charge in [0.1, 0.15) is 11.9 Å². The van der Waals surface area contributed by atoms with Crippen molar-refractivity contribution >= 4 is 18.3 Å². The van der Waals surface area contributed by atoms with Crippen LogP contribution in [0.15, 0.2) is 18.2 Å². The number of methoxy groups -OCH3 is 1. The second-order valence-electron chi connectivity index (χ2n) is 5.59. The Bertz CT molecular complexity index is 507. The van der Waals surface area contributed by atoms with E-state index in [1.54, 1.807) is 7.11 Å². The van der Waals surface area contributed by atoms with Crippen molar-refractivity contribution in [3.8, 4) is 5.75 Å². The van der Waals surface area contributed by atoms with Crippen LogP contribution in [0.4, 0.5) is 0 Å². The summed E-state index contributed by atoms with van der Waals surface area (Å²) in [5, 5.41) is 6.07. The van der Waals surface area contributed by atoms with Crippen LogP contribution in [0.1, 0.15) is 17.5 Å². The number of nitrogens with one attached hydrogen (secondary N) is 2. The highest BCUT2D eigenvalue weighted by molar-refractivity contribution is 5.85. The summed E-state index contributed by atoms with van der Waals surface area (Å²) in [4.78, 5) is 12.1. The largest absolute Gasteiger partial charge is 0.493 e. The number of amides is 1. The van der Waals surface area contributed by atoms with E-state index in [9.17, 15) is 4.79 Å². The summed E-state index contributed by atoms with van der Waals surface area (Å²) in [5.74, 6) is 0.715. The molecule has 2 rings (SSSR count). The van der Waals surface area contributed by atoms with E-state index in [4.69, 9.17) is 14.2 Å². The summed E-state index contributed by atoms with van der Waals surface area (Å²) in [7, 11) is 1.68. The molecular formula is C17H27ClN2O4. The van der Waals surface area contributed by atoms with Gasteiger partial charge in [0.2, 0.25) is 0 Å². The van der Waals surface area contributed by atoms with Crippen LogP contribution >= 0.6 is 12.4 Å². The van der Waals surface area contributed by atoms with E-state index in [0.29, 0.717) is 32.9 Å². The van der Waals surface area contributed by atoms with Crippen molar-refractivity contribution < 1.29 is 19.0 Å². The first-order chi connectivity index (χ1) is 11.2. The molecule has 24 heavy (non-hydrogen) atoms. The van der Waals surface area contributed by atoms with Gasteiger partial charge in [-0.15, -0.1) is 12.4 Å². The molecule has 0 bridgehead atoms. The lowest BCUT2D eigenvalue weighted by molar-refractivity contribution is -0.134. The molecule has 1 unspecified atom stereocenters. The fourth-order valence-corrected chi connectivity index (χ4v) is 2.36. The first-order valence-electron chi connectivity index (χ1n) is 8.02. The fraction of sp³-hybridized carbons (Fsp3) is 0.588. The van der Waals surface area contributed by atoms with Gasteiger partial charge in [0, 0.05) is 45.3 Å². The Morgan fingerprint density at radius 3 is 2.96 bits per heavy atom. The first-order valence-corrected chi connectivity index (χ1v) is 8.02. The first kappa shape index (κ1) is 20.7. The average Bonchev–Trinajstić information content (AvgIpc) is 2.58. The summed E-state index contributed by atoms with van der Waals surface area (Å²) in [6.45, 7) is 5.63. The SMILES string of the molecule is COCCCOc1cc(C)ccc1CNC(=O)C1CNCCO1.Cl. The van der Waals surface area contributed by atoms with Gasteiger partial charge in [0.05, 0.1) is 13.2 Å². The maximum absolute atomic E-state index is 12.1. The van der Waals surface area contributed by atoms with E-state index in [1.165, 1.54) is 0 Å². The Morgan fingerprint density at radius 1 is 1.42 bits per heavy atom. The van der Waals surface area contributed by atoms with Gasteiger partial charge in [-0.05, 0) is 18.6 Å². The molecule has 1 saturated heterocycles. The second kappa shape index (κ2) is 11.3. The van der Waals surface area contributed by atoms with Gasteiger partial charge in [0.25, 0.3) is 5.91 Å². The van der Waals surface area contributed by atoms with Crippen molar-refractivity contribution in [3.63, 3.8) is 0 Å². The van der Waals surface area contributed by atoms with Gasteiger partial charge >= 0.3 is 0 Å². The highest BCUT2D eigenvalue weighted by atomic mass is 35.5. The molecule has 0 aliphatic carbocycles. The molecule has 0 saturated carbocycles. The number of ether oxygens (including phenoxy) is 3. The second-order valence-corrected chi connectivity index (χ2v) is 5.59. The number of benzene rings is 1. The zero-order valence-corrected chi connectivity index (χ0v) is 15.1. The van der Waals surface area contributed by atoms with Crippen LogP contribution in [0, 0.1) is 6.92 Å². The van der Waals surface area contributed by atoms with Crippen LogP contribution in [0.25, 0.3) is 0 Å². The summed E-state index contributed by atoms with van der Waals surface area (Å²) in [5.41, 5.74) is 2.09. The summed E-state index contributed by atoms with van der Waals surface area (Å²) in [6.07, 6.45) is 0.415. The Hall–Kier alpha value is -1.34. The molecular weight excluding hydrogens is 332 g/mol. The number of hydrogen-bond donors (Lipinski definition) is 2. The molecule has 1 atom stereocenters. The number of rotatable bonds is 8. The topological polar surface area (TPSA) is 68.8 Å². The lowest BCUT2D eigenvalue weighted by Crippen LogP contribution is -2.47. The Kier molecular flexibility index (Phi) is 9.71. The number of carbonyl (C=O) groups excluding carboxylic acids is 1. The average molecular weight is 359 g/mol. The zero-order valence-electron chi connectivity index (χ0n) is 14.3. The van der Waals surface area contributed by atoms with Crippen molar-refractivity contribution in [2.75, 3.05) is 40.0 Å². The van der Waals surface area contributed by atoms with E-state index in [1.807, 2.05) is 25.1 Å². The molecule has 7 heteroatoms. The molecule has 1 aliphatic rings. The fourth-order valence-electron chi connectivity index (χ4n) is 2.36. The maximum atomic E-state index is 12.1. The lowest BCUT2D eigenvalue weighted by Gasteiger charge is -2.23. The highest BCUT2D eigenvalue weighted by Crippen LogP contribution is 2.20. The number of hydrogen-bond acceptors (Lipinski definition) is 5. The molecule has 0 spiro atoms. The minimum atomic E-state index is -0.416. The summed E-state index contributed by atoms with van der Waals surface area (Å²) >= 11 is 0. The molecule has 1 aliphatic heterocycles. The third-order valence-electron chi connectivity index (χ3n) is 3.65. The molecule has 136 valence electrons. The Morgan fingerprint density at radius 2 is 2.25 bits per heavy atom. The van der Waals surface area contributed by atoms with Crippen molar-refractivity contribution in [2.45, 2.75) is 26.0 Å². The van der Waals surface area contributed by atoms with Crippen LogP contribution in [-0.2, 0) is 20.8 Å². The minimum absolute atomic E-state index is 0. The molecule has 0 radical (unpaired) electrons. The Labute approximate surface area is 149 Å². The van der Waals surface area contributed by atoms with Crippen molar-refractivity contribution in [3.05, 3.63) is 29.3 Å². The molecule has 6 nitrogen and oxygen atoms in total. The van der Waals surface area contributed by atoms with Crippen LogP contribution in [0.3, 0.4) is 0 Å². The van der Waals surface area contributed by atoms with Crippen molar-refractivity contribution in [2.24, 2.45) is 0 Å². The van der Waals surface area contributed by atoms with Crippen LogP contribution in [0.2, 0.25) is 0 Å². The van der Waals surface area contributed by atoms with Crippen LogP contribution < -0.4 is 15.4 Å². The number of carbonyl (C=O) groups is 1. The van der Waals surface area contributed by atoms with Crippen molar-refractivity contribution in [1.29, 1.82) is 0 Å². The predicted octanol–water partition coefficient (Wildman–Crippen LogP) is 1.44. The lowest BCUT2D eigenvalue weighted by atomic mass is 10.1. The van der Waals surface area contributed by atoms with E-state index in [0.717, 1.165) is 29.8 Å². The van der Waals surface area contributed by atoms with Crippen LogP contribution in [-0.4, -0.2) is 52.0 Å². The van der Waals surface area contributed by atoms with Gasteiger partial charge in [-0.1, -0.05) is 12.1 Å². The molecule has 2 N–H and O–H groups in total. The minimum Gasteiger partial charge on any atom is -0.493 e. The smallest absolute Gasteiger partial charge is 0.250 e. The van der Waals surface area contributed by atoms with E-state index < -0.39 is 6.10 Å². The predicted molar refractivity (Wildman–Crippen MR) is 94.9 cm³/mol. The van der Waals surface area contributed by atoms with Crippen molar-refractivity contribution in [1.82, 2.24) is 10.6 Å². The highest BCUT2D eigenvalue weighted by Gasteiger charge is 2.21. The van der Waals surface area contributed by atoms with Gasteiger partial charge in [-0.3, -0.25) is 4.79 Å². The molecule has 0 aromatic heterocycles. The molecule has 1 fully saturated rings. The summed E-state index contributed by atoms with van der Waals surface area (Å²) in [6, 6.07) is 6.00.